The van der Waals surface area contributed by atoms with Gasteiger partial charge >= 0.3 is 0 Å². The fourth-order valence-electron chi connectivity index (χ4n) is 2.93. The predicted molar refractivity (Wildman–Crippen MR) is 96.4 cm³/mol. The molecule has 4 heteroatoms. The molecule has 0 saturated carbocycles. The molecule has 2 rings (SSSR count). The molecule has 4 nitrogen and oxygen atoms in total. The lowest BCUT2D eigenvalue weighted by Crippen LogP contribution is -2.46. The number of ether oxygens (including phenoxy) is 1. The standard InChI is InChI=1S/C19H32N2O2/c1-17(2)16-23-19-9-5-4-8-18(19)21-13-11-20(12-14-21)10-6-3-7-15-22/h4-5,8-9,17,22H,3,6-7,10-16H2,1-2H3. The van der Waals surface area contributed by atoms with Crippen LogP contribution < -0.4 is 9.64 Å². The van der Waals surface area contributed by atoms with Crippen molar-refractivity contribution < 1.29 is 9.84 Å². The minimum atomic E-state index is 0.320. The summed E-state index contributed by atoms with van der Waals surface area (Å²) < 4.78 is 5.99. The molecule has 23 heavy (non-hydrogen) atoms. The van der Waals surface area contributed by atoms with Gasteiger partial charge in [0.1, 0.15) is 5.75 Å². The summed E-state index contributed by atoms with van der Waals surface area (Å²) in [6.45, 7) is 10.9. The maximum Gasteiger partial charge on any atom is 0.142 e. The Morgan fingerprint density at radius 1 is 1.04 bits per heavy atom. The van der Waals surface area contributed by atoms with Crippen molar-refractivity contribution in [1.29, 1.82) is 0 Å². The zero-order valence-electron chi connectivity index (χ0n) is 14.7. The van der Waals surface area contributed by atoms with E-state index in [2.05, 4.69) is 47.9 Å². The van der Waals surface area contributed by atoms with Crippen LogP contribution in [0.1, 0.15) is 33.1 Å². The zero-order chi connectivity index (χ0) is 16.5. The van der Waals surface area contributed by atoms with Crippen molar-refractivity contribution in [1.82, 2.24) is 4.90 Å². The van der Waals surface area contributed by atoms with Gasteiger partial charge in [0.2, 0.25) is 0 Å². The molecule has 1 aliphatic rings. The molecule has 0 unspecified atom stereocenters. The van der Waals surface area contributed by atoms with Gasteiger partial charge in [-0.25, -0.2) is 0 Å². The molecule has 0 aliphatic carbocycles. The van der Waals surface area contributed by atoms with E-state index in [1.54, 1.807) is 0 Å². The third kappa shape index (κ3) is 6.04. The van der Waals surface area contributed by atoms with Crippen LogP contribution in [0.2, 0.25) is 0 Å². The van der Waals surface area contributed by atoms with Gasteiger partial charge < -0.3 is 14.7 Å². The highest BCUT2D eigenvalue weighted by Gasteiger charge is 2.19. The van der Waals surface area contributed by atoms with E-state index in [4.69, 9.17) is 9.84 Å². The summed E-state index contributed by atoms with van der Waals surface area (Å²) in [4.78, 5) is 4.98. The number of hydrogen-bond donors (Lipinski definition) is 1. The van der Waals surface area contributed by atoms with Crippen LogP contribution in [0.25, 0.3) is 0 Å². The van der Waals surface area contributed by atoms with Gasteiger partial charge in [0, 0.05) is 32.8 Å². The van der Waals surface area contributed by atoms with Gasteiger partial charge in [0.15, 0.2) is 0 Å². The number of aliphatic hydroxyl groups is 1. The molecule has 0 radical (unpaired) electrons. The Morgan fingerprint density at radius 3 is 2.48 bits per heavy atom. The Balaban J connectivity index is 1.82. The maximum atomic E-state index is 8.84. The van der Waals surface area contributed by atoms with E-state index < -0.39 is 0 Å². The van der Waals surface area contributed by atoms with E-state index >= 15 is 0 Å². The van der Waals surface area contributed by atoms with Crippen LogP contribution in [0.4, 0.5) is 5.69 Å². The van der Waals surface area contributed by atoms with Crippen LogP contribution in [0.3, 0.4) is 0 Å². The molecule has 1 aliphatic heterocycles. The smallest absolute Gasteiger partial charge is 0.142 e. The number of unbranched alkanes of at least 4 members (excludes halogenated alkanes) is 2. The predicted octanol–water partition coefficient (Wildman–Crippen LogP) is 3.01. The lowest BCUT2D eigenvalue weighted by molar-refractivity contribution is 0.240. The number of hydrogen-bond acceptors (Lipinski definition) is 4. The minimum Gasteiger partial charge on any atom is -0.491 e. The summed E-state index contributed by atoms with van der Waals surface area (Å²) in [5, 5.41) is 8.84. The Bertz CT molecular complexity index is 443. The van der Waals surface area contributed by atoms with Crippen molar-refractivity contribution in [2.45, 2.75) is 33.1 Å². The quantitative estimate of drug-likeness (QED) is 0.710. The molecule has 0 spiro atoms. The van der Waals surface area contributed by atoms with Crippen LogP contribution in [-0.4, -0.2) is 55.9 Å². The number of nitrogens with zero attached hydrogens (tertiary/aromatic N) is 2. The number of aliphatic hydroxyl groups excluding tert-OH is 1. The van der Waals surface area contributed by atoms with Crippen LogP contribution >= 0.6 is 0 Å². The number of benzene rings is 1. The number of para-hydroxylation sites is 2. The molecule has 0 amide bonds. The average molecular weight is 320 g/mol. The van der Waals surface area contributed by atoms with Crippen molar-refractivity contribution in [3.63, 3.8) is 0 Å². The molecule has 130 valence electrons. The Kier molecular flexibility index (Phi) is 7.69. The zero-order valence-corrected chi connectivity index (χ0v) is 14.7. The topological polar surface area (TPSA) is 35.9 Å². The first kappa shape index (κ1) is 18.1. The summed E-state index contributed by atoms with van der Waals surface area (Å²) in [6, 6.07) is 8.40. The molecule has 0 atom stereocenters. The largest absolute Gasteiger partial charge is 0.491 e. The molecule has 0 aromatic heterocycles. The highest BCUT2D eigenvalue weighted by atomic mass is 16.5. The molecule has 1 saturated heterocycles. The Hall–Kier alpha value is -1.26. The van der Waals surface area contributed by atoms with Crippen molar-refractivity contribution in [3.05, 3.63) is 24.3 Å². The molecular formula is C19H32N2O2. The van der Waals surface area contributed by atoms with E-state index in [9.17, 15) is 0 Å². The third-order valence-corrected chi connectivity index (χ3v) is 4.28. The van der Waals surface area contributed by atoms with Crippen molar-refractivity contribution >= 4 is 5.69 Å². The highest BCUT2D eigenvalue weighted by Crippen LogP contribution is 2.29. The molecule has 1 heterocycles. The molecule has 1 N–H and O–H groups in total. The number of rotatable bonds is 9. The lowest BCUT2D eigenvalue weighted by atomic mass is 10.2. The fourth-order valence-corrected chi connectivity index (χ4v) is 2.93. The minimum absolute atomic E-state index is 0.320. The molecule has 0 bridgehead atoms. The molecular weight excluding hydrogens is 288 g/mol. The highest BCUT2D eigenvalue weighted by molar-refractivity contribution is 5.58. The Morgan fingerprint density at radius 2 is 1.78 bits per heavy atom. The second-order valence-electron chi connectivity index (χ2n) is 6.79. The van der Waals surface area contributed by atoms with Gasteiger partial charge in [-0.2, -0.15) is 0 Å². The normalized spacial score (nSPS) is 16.1. The van der Waals surface area contributed by atoms with Crippen LogP contribution in [0.15, 0.2) is 24.3 Å². The second kappa shape index (κ2) is 9.78. The first-order chi connectivity index (χ1) is 11.2. The van der Waals surface area contributed by atoms with Crippen LogP contribution in [-0.2, 0) is 0 Å². The maximum absolute atomic E-state index is 8.84. The average Bonchev–Trinajstić information content (AvgIpc) is 2.58. The van der Waals surface area contributed by atoms with E-state index in [0.29, 0.717) is 12.5 Å². The van der Waals surface area contributed by atoms with Crippen LogP contribution in [0.5, 0.6) is 5.75 Å². The van der Waals surface area contributed by atoms with Gasteiger partial charge in [0.05, 0.1) is 12.3 Å². The Labute approximate surface area is 141 Å². The molecule has 1 fully saturated rings. The SMILES string of the molecule is CC(C)COc1ccccc1N1CCN(CCCCCO)CC1. The first-order valence-electron chi connectivity index (χ1n) is 9.00. The van der Waals surface area contributed by atoms with Crippen molar-refractivity contribution in [2.75, 3.05) is 50.8 Å². The summed E-state index contributed by atoms with van der Waals surface area (Å²) in [5.74, 6) is 1.55. The van der Waals surface area contributed by atoms with Gasteiger partial charge in [-0.05, 0) is 43.9 Å². The van der Waals surface area contributed by atoms with Gasteiger partial charge in [-0.3, -0.25) is 4.90 Å². The van der Waals surface area contributed by atoms with E-state index in [1.807, 2.05) is 0 Å². The number of anilines is 1. The summed E-state index contributed by atoms with van der Waals surface area (Å²) in [6.07, 6.45) is 3.25. The second-order valence-corrected chi connectivity index (χ2v) is 6.79. The van der Waals surface area contributed by atoms with E-state index in [0.717, 1.165) is 57.9 Å². The monoisotopic (exact) mass is 320 g/mol. The van der Waals surface area contributed by atoms with Gasteiger partial charge in [0.25, 0.3) is 0 Å². The molecule has 1 aromatic carbocycles. The van der Waals surface area contributed by atoms with Gasteiger partial charge in [-0.1, -0.05) is 26.0 Å². The first-order valence-corrected chi connectivity index (χ1v) is 9.00. The summed E-state index contributed by atoms with van der Waals surface area (Å²) in [7, 11) is 0. The molecule has 1 aromatic rings. The van der Waals surface area contributed by atoms with E-state index in [1.165, 1.54) is 12.1 Å². The fraction of sp³-hybridized carbons (Fsp3) is 0.684. The summed E-state index contributed by atoms with van der Waals surface area (Å²) >= 11 is 0. The number of piperazine rings is 1. The lowest BCUT2D eigenvalue weighted by Gasteiger charge is -2.36. The van der Waals surface area contributed by atoms with Crippen LogP contribution in [0, 0.1) is 5.92 Å². The summed E-state index contributed by atoms with van der Waals surface area (Å²) in [5.41, 5.74) is 1.23. The van der Waals surface area contributed by atoms with Crippen molar-refractivity contribution in [2.24, 2.45) is 5.92 Å². The van der Waals surface area contributed by atoms with Crippen molar-refractivity contribution in [3.8, 4) is 5.75 Å². The van der Waals surface area contributed by atoms with Gasteiger partial charge in [-0.15, -0.1) is 0 Å². The third-order valence-electron chi connectivity index (χ3n) is 4.28. The van der Waals surface area contributed by atoms with E-state index in [-0.39, 0.29) is 0 Å².